The molecule has 0 aliphatic heterocycles. The van der Waals surface area contributed by atoms with E-state index >= 15 is 0 Å². The lowest BCUT2D eigenvalue weighted by molar-refractivity contribution is 0.0595. The zero-order chi connectivity index (χ0) is 19.3. The van der Waals surface area contributed by atoms with Crippen molar-refractivity contribution in [2.45, 2.75) is 0 Å². The Balaban J connectivity index is 1.98. The van der Waals surface area contributed by atoms with Gasteiger partial charge in [0.15, 0.2) is 5.69 Å². The maximum absolute atomic E-state index is 12.6. The molecule has 28 heavy (non-hydrogen) atoms. The summed E-state index contributed by atoms with van der Waals surface area (Å²) in [6, 6.07) is 27.8. The number of fused-ring (bicyclic) bond motifs is 1. The minimum absolute atomic E-state index is 0.320. The zero-order valence-electron chi connectivity index (χ0n) is 15.5. The van der Waals surface area contributed by atoms with Crippen LogP contribution in [-0.4, -0.2) is 18.1 Å². The molecule has 0 N–H and O–H groups in total. The van der Waals surface area contributed by atoms with Crippen molar-refractivity contribution in [2.75, 3.05) is 7.11 Å². The molecule has 1 aromatic heterocycles. The lowest BCUT2D eigenvalue weighted by atomic mass is 9.95. The average Bonchev–Trinajstić information content (AvgIpc) is 2.77. The van der Waals surface area contributed by atoms with Gasteiger partial charge >= 0.3 is 5.97 Å². The van der Waals surface area contributed by atoms with E-state index in [0.717, 1.165) is 33.2 Å². The van der Waals surface area contributed by atoms with Crippen LogP contribution in [0.1, 0.15) is 21.7 Å². The van der Waals surface area contributed by atoms with Crippen molar-refractivity contribution < 1.29 is 9.53 Å². The van der Waals surface area contributed by atoms with Crippen LogP contribution >= 0.6 is 0 Å². The van der Waals surface area contributed by atoms with Crippen LogP contribution in [0.4, 0.5) is 0 Å². The van der Waals surface area contributed by atoms with E-state index in [1.165, 1.54) is 7.11 Å². The molecule has 0 aliphatic carbocycles. The summed E-state index contributed by atoms with van der Waals surface area (Å²) in [6.45, 7) is 0. The monoisotopic (exact) mass is 365 g/mol. The van der Waals surface area contributed by atoms with Crippen LogP contribution in [0.15, 0.2) is 84.9 Å². The van der Waals surface area contributed by atoms with Gasteiger partial charge in [-0.15, -0.1) is 0 Å². The molecule has 0 unspecified atom stereocenters. The van der Waals surface area contributed by atoms with Crippen LogP contribution in [0.5, 0.6) is 0 Å². The molecule has 136 valence electrons. The van der Waals surface area contributed by atoms with E-state index in [9.17, 15) is 4.79 Å². The number of esters is 1. The van der Waals surface area contributed by atoms with Crippen LogP contribution in [0.2, 0.25) is 0 Å². The highest BCUT2D eigenvalue weighted by Crippen LogP contribution is 2.33. The number of carbonyl (C=O) groups is 1. The van der Waals surface area contributed by atoms with Crippen LogP contribution < -0.4 is 0 Å². The molecule has 0 amide bonds. The topological polar surface area (TPSA) is 39.2 Å². The summed E-state index contributed by atoms with van der Waals surface area (Å²) in [5.74, 6) is -0.445. The molecule has 4 rings (SSSR count). The lowest BCUT2D eigenvalue weighted by Crippen LogP contribution is -2.08. The quantitative estimate of drug-likeness (QED) is 0.425. The molecule has 3 heteroatoms. The van der Waals surface area contributed by atoms with E-state index in [2.05, 4.69) is 0 Å². The number of aromatic nitrogens is 1. The second-order valence-electron chi connectivity index (χ2n) is 6.37. The molecule has 0 saturated heterocycles. The average molecular weight is 365 g/mol. The van der Waals surface area contributed by atoms with E-state index in [0.29, 0.717) is 5.69 Å². The van der Waals surface area contributed by atoms with Gasteiger partial charge in [-0.05, 0) is 22.6 Å². The number of benzene rings is 3. The van der Waals surface area contributed by atoms with Gasteiger partial charge in [0.25, 0.3) is 0 Å². The maximum atomic E-state index is 12.6. The van der Waals surface area contributed by atoms with Crippen molar-refractivity contribution in [3.05, 3.63) is 102 Å². The van der Waals surface area contributed by atoms with Gasteiger partial charge in [0.2, 0.25) is 0 Å². The number of ether oxygens (including phenoxy) is 1. The smallest absolute Gasteiger partial charge is 0.357 e. The van der Waals surface area contributed by atoms with Crippen LogP contribution in [0.25, 0.3) is 34.1 Å². The Morgan fingerprint density at radius 1 is 0.786 bits per heavy atom. The predicted octanol–water partition coefficient (Wildman–Crippen LogP) is 5.86. The summed E-state index contributed by atoms with van der Waals surface area (Å²) in [4.78, 5) is 17.3. The minimum atomic E-state index is -0.445. The van der Waals surface area contributed by atoms with E-state index in [4.69, 9.17) is 9.72 Å². The van der Waals surface area contributed by atoms with Gasteiger partial charge in [0, 0.05) is 10.9 Å². The summed E-state index contributed by atoms with van der Waals surface area (Å²) in [5, 5.41) is 1.96. The summed E-state index contributed by atoms with van der Waals surface area (Å²) in [5.41, 5.74) is 3.85. The van der Waals surface area contributed by atoms with Crippen LogP contribution in [0, 0.1) is 0 Å². The number of methoxy groups -OCH3 is 1. The molecular formula is C25H19NO2. The van der Waals surface area contributed by atoms with E-state index < -0.39 is 5.97 Å². The van der Waals surface area contributed by atoms with Gasteiger partial charge in [-0.2, -0.15) is 0 Å². The number of hydrogen-bond acceptors (Lipinski definition) is 3. The second kappa shape index (κ2) is 7.89. The highest BCUT2D eigenvalue weighted by atomic mass is 16.5. The third kappa shape index (κ3) is 3.42. The molecule has 3 nitrogen and oxygen atoms in total. The number of rotatable bonds is 4. The van der Waals surface area contributed by atoms with Gasteiger partial charge in [-0.3, -0.25) is 0 Å². The molecule has 0 saturated carbocycles. The fourth-order valence-corrected chi connectivity index (χ4v) is 3.30. The van der Waals surface area contributed by atoms with Crippen molar-refractivity contribution in [2.24, 2.45) is 0 Å². The van der Waals surface area contributed by atoms with Gasteiger partial charge < -0.3 is 4.74 Å². The van der Waals surface area contributed by atoms with Gasteiger partial charge in [-0.25, -0.2) is 9.78 Å². The van der Waals surface area contributed by atoms with Crippen molar-refractivity contribution in [1.29, 1.82) is 0 Å². The second-order valence-corrected chi connectivity index (χ2v) is 6.37. The summed E-state index contributed by atoms with van der Waals surface area (Å²) < 4.78 is 5.04. The lowest BCUT2D eigenvalue weighted by Gasteiger charge is -2.13. The van der Waals surface area contributed by atoms with Crippen molar-refractivity contribution >= 4 is 28.9 Å². The molecule has 0 aliphatic rings. The molecule has 0 spiro atoms. The Bertz CT molecular complexity index is 1150. The molecule has 0 fully saturated rings. The highest BCUT2D eigenvalue weighted by molar-refractivity contribution is 6.08. The third-order valence-corrected chi connectivity index (χ3v) is 4.62. The number of carbonyl (C=O) groups excluding carboxylic acids is 1. The Morgan fingerprint density at radius 2 is 1.39 bits per heavy atom. The largest absolute Gasteiger partial charge is 0.464 e. The molecule has 3 aromatic carbocycles. The molecule has 0 radical (unpaired) electrons. The molecule has 0 bridgehead atoms. The van der Waals surface area contributed by atoms with Gasteiger partial charge in [-0.1, -0.05) is 91.0 Å². The Kier molecular flexibility index (Phi) is 4.98. The van der Waals surface area contributed by atoms with Crippen LogP contribution in [0.3, 0.4) is 0 Å². The Morgan fingerprint density at radius 3 is 2.07 bits per heavy atom. The third-order valence-electron chi connectivity index (χ3n) is 4.62. The molecule has 0 atom stereocenters. The van der Waals surface area contributed by atoms with Gasteiger partial charge in [0.1, 0.15) is 0 Å². The van der Waals surface area contributed by atoms with Crippen molar-refractivity contribution in [3.8, 4) is 11.1 Å². The summed E-state index contributed by atoms with van der Waals surface area (Å²) in [6.07, 6.45) is 3.94. The first-order valence-electron chi connectivity index (χ1n) is 9.07. The number of hydrogen-bond donors (Lipinski definition) is 0. The maximum Gasteiger partial charge on any atom is 0.357 e. The molecule has 1 heterocycles. The Labute approximate surface area is 163 Å². The minimum Gasteiger partial charge on any atom is -0.464 e. The normalized spacial score (nSPS) is 11.0. The molecular weight excluding hydrogens is 346 g/mol. The van der Waals surface area contributed by atoms with Crippen LogP contribution in [-0.2, 0) is 4.74 Å². The molecule has 4 aromatic rings. The Hall–Kier alpha value is -3.72. The summed E-state index contributed by atoms with van der Waals surface area (Å²) in [7, 11) is 1.38. The number of nitrogens with zero attached hydrogens (tertiary/aromatic N) is 1. The first-order valence-corrected chi connectivity index (χ1v) is 9.07. The highest BCUT2D eigenvalue weighted by Gasteiger charge is 2.20. The first-order chi connectivity index (χ1) is 13.8. The standard InChI is InChI=1S/C25H19NO2/c1-28-25(27)24-23(19-12-6-3-7-13-19)21-15-9-8-14-20(21)22(26-24)17-16-18-10-4-2-5-11-18/h2-17H,1H3/b17-16+. The predicted molar refractivity (Wildman–Crippen MR) is 114 cm³/mol. The SMILES string of the molecule is COC(=O)c1nc(/C=C/c2ccccc2)c2ccccc2c1-c1ccccc1. The van der Waals surface area contributed by atoms with Crippen molar-refractivity contribution in [3.63, 3.8) is 0 Å². The zero-order valence-corrected chi connectivity index (χ0v) is 15.5. The first kappa shape index (κ1) is 17.7. The fourth-order valence-electron chi connectivity index (χ4n) is 3.30. The number of pyridine rings is 1. The summed E-state index contributed by atoms with van der Waals surface area (Å²) >= 11 is 0. The van der Waals surface area contributed by atoms with E-state index in [1.54, 1.807) is 0 Å². The van der Waals surface area contributed by atoms with Gasteiger partial charge in [0.05, 0.1) is 12.8 Å². The fraction of sp³-hybridized carbons (Fsp3) is 0.0400. The van der Waals surface area contributed by atoms with E-state index in [1.807, 2.05) is 97.1 Å². The van der Waals surface area contributed by atoms with Crippen molar-refractivity contribution in [1.82, 2.24) is 4.98 Å². The van der Waals surface area contributed by atoms with E-state index in [-0.39, 0.29) is 0 Å².